The summed E-state index contributed by atoms with van der Waals surface area (Å²) in [5.41, 5.74) is -0.352. The molecule has 1 fully saturated rings. The summed E-state index contributed by atoms with van der Waals surface area (Å²) in [7, 11) is 0. The van der Waals surface area contributed by atoms with Crippen molar-refractivity contribution in [2.24, 2.45) is 0 Å². The van der Waals surface area contributed by atoms with E-state index in [1.54, 1.807) is 0 Å². The van der Waals surface area contributed by atoms with E-state index in [-0.39, 0.29) is 17.1 Å². The number of amides is 1. The molecule has 1 saturated heterocycles. The number of hydrogen-bond donors (Lipinski definition) is 3. The molecular formula is C13H17NO4. The third-order valence-electron chi connectivity index (χ3n) is 3.08. The average Bonchev–Trinajstić information content (AvgIpc) is 2.32. The van der Waals surface area contributed by atoms with E-state index >= 15 is 0 Å². The number of carbonyl (C=O) groups is 1. The summed E-state index contributed by atoms with van der Waals surface area (Å²) in [6.45, 7) is 3.07. The van der Waals surface area contributed by atoms with Crippen LogP contribution in [0.25, 0.3) is 0 Å². The smallest absolute Gasteiger partial charge is 0.255 e. The van der Waals surface area contributed by atoms with E-state index in [0.29, 0.717) is 13.2 Å². The second-order valence-electron chi connectivity index (χ2n) is 4.87. The topological polar surface area (TPSA) is 78.8 Å². The Morgan fingerprint density at radius 1 is 1.44 bits per heavy atom. The molecule has 1 atom stereocenters. The molecule has 0 radical (unpaired) electrons. The van der Waals surface area contributed by atoms with Gasteiger partial charge in [0, 0.05) is 6.61 Å². The highest BCUT2D eigenvalue weighted by atomic mass is 16.5. The minimum absolute atomic E-state index is 0.0528. The molecule has 1 aliphatic rings. The number of carbonyl (C=O) groups excluding carboxylic acids is 1. The molecule has 0 aliphatic carbocycles. The molecule has 1 aliphatic heterocycles. The lowest BCUT2D eigenvalue weighted by molar-refractivity contribution is 0.0272. The molecule has 1 heterocycles. The van der Waals surface area contributed by atoms with Crippen LogP contribution in [0.3, 0.4) is 0 Å². The Kier molecular flexibility index (Phi) is 3.43. The lowest BCUT2D eigenvalue weighted by Crippen LogP contribution is -2.51. The number of aromatic hydroxyl groups is 2. The van der Waals surface area contributed by atoms with Crippen molar-refractivity contribution in [3.05, 3.63) is 23.8 Å². The zero-order valence-electron chi connectivity index (χ0n) is 10.3. The molecule has 1 aromatic carbocycles. The van der Waals surface area contributed by atoms with E-state index in [1.165, 1.54) is 18.2 Å². The summed E-state index contributed by atoms with van der Waals surface area (Å²) in [6, 6.07) is 3.87. The highest BCUT2D eigenvalue weighted by molar-refractivity contribution is 5.97. The van der Waals surface area contributed by atoms with Gasteiger partial charge in [0.1, 0.15) is 11.5 Å². The molecule has 5 nitrogen and oxygen atoms in total. The lowest BCUT2D eigenvalue weighted by atomic mass is 9.94. The summed E-state index contributed by atoms with van der Waals surface area (Å²) in [4.78, 5) is 12.1. The van der Waals surface area contributed by atoms with E-state index in [9.17, 15) is 15.0 Å². The fraction of sp³-hybridized carbons (Fsp3) is 0.462. The largest absolute Gasteiger partial charge is 0.508 e. The first kappa shape index (κ1) is 12.7. The quantitative estimate of drug-likeness (QED) is 0.694. The third kappa shape index (κ3) is 2.73. The number of nitrogens with one attached hydrogen (secondary N) is 1. The fourth-order valence-electron chi connectivity index (χ4n) is 2.08. The van der Waals surface area contributed by atoms with Gasteiger partial charge in [-0.25, -0.2) is 0 Å². The van der Waals surface area contributed by atoms with Crippen molar-refractivity contribution in [2.45, 2.75) is 25.3 Å². The van der Waals surface area contributed by atoms with Gasteiger partial charge in [-0.3, -0.25) is 4.79 Å². The monoisotopic (exact) mass is 251 g/mol. The van der Waals surface area contributed by atoms with Crippen LogP contribution in [0, 0.1) is 0 Å². The van der Waals surface area contributed by atoms with Crippen molar-refractivity contribution in [1.29, 1.82) is 0 Å². The molecule has 5 heteroatoms. The Hall–Kier alpha value is -1.75. The van der Waals surface area contributed by atoms with Crippen LogP contribution in [0.15, 0.2) is 18.2 Å². The van der Waals surface area contributed by atoms with Crippen molar-refractivity contribution in [3.63, 3.8) is 0 Å². The Bertz CT molecular complexity index is 452. The maximum atomic E-state index is 12.1. The molecule has 2 rings (SSSR count). The average molecular weight is 251 g/mol. The van der Waals surface area contributed by atoms with Crippen LogP contribution in [0.4, 0.5) is 0 Å². The summed E-state index contributed by atoms with van der Waals surface area (Å²) >= 11 is 0. The molecule has 1 amide bonds. The highest BCUT2D eigenvalue weighted by Gasteiger charge is 2.30. The van der Waals surface area contributed by atoms with Gasteiger partial charge < -0.3 is 20.3 Å². The van der Waals surface area contributed by atoms with E-state index in [4.69, 9.17) is 4.74 Å². The standard InChI is InChI=1S/C13H17NO4/c1-13(5-2-6-18-8-13)14-12(17)10-7-9(15)3-4-11(10)16/h3-4,7,15-16H,2,5-6,8H2,1H3,(H,14,17). The van der Waals surface area contributed by atoms with Crippen LogP contribution in [-0.4, -0.2) is 34.9 Å². The summed E-state index contributed by atoms with van der Waals surface area (Å²) < 4.78 is 5.35. The maximum absolute atomic E-state index is 12.1. The number of phenols is 2. The molecule has 18 heavy (non-hydrogen) atoms. The maximum Gasteiger partial charge on any atom is 0.255 e. The normalized spacial score (nSPS) is 23.6. The molecular weight excluding hydrogens is 234 g/mol. The van der Waals surface area contributed by atoms with Gasteiger partial charge in [0.05, 0.1) is 17.7 Å². The predicted molar refractivity (Wildman–Crippen MR) is 65.7 cm³/mol. The lowest BCUT2D eigenvalue weighted by Gasteiger charge is -2.34. The van der Waals surface area contributed by atoms with E-state index in [2.05, 4.69) is 5.32 Å². The van der Waals surface area contributed by atoms with Crippen LogP contribution in [-0.2, 0) is 4.74 Å². The van der Waals surface area contributed by atoms with Crippen LogP contribution in [0.1, 0.15) is 30.1 Å². The van der Waals surface area contributed by atoms with Crippen molar-refractivity contribution < 1.29 is 19.7 Å². The third-order valence-corrected chi connectivity index (χ3v) is 3.08. The van der Waals surface area contributed by atoms with E-state index in [1.807, 2.05) is 6.92 Å². The Labute approximate surface area is 105 Å². The minimum Gasteiger partial charge on any atom is -0.508 e. The van der Waals surface area contributed by atoms with Crippen LogP contribution in [0.2, 0.25) is 0 Å². The summed E-state index contributed by atoms with van der Waals surface area (Å²) in [6.07, 6.45) is 1.72. The minimum atomic E-state index is -0.423. The van der Waals surface area contributed by atoms with Gasteiger partial charge >= 0.3 is 0 Å². The molecule has 0 bridgehead atoms. The van der Waals surface area contributed by atoms with Gasteiger partial charge in [0.2, 0.25) is 0 Å². The van der Waals surface area contributed by atoms with Crippen molar-refractivity contribution in [2.75, 3.05) is 13.2 Å². The fourth-order valence-corrected chi connectivity index (χ4v) is 2.08. The molecule has 3 N–H and O–H groups in total. The number of ether oxygens (including phenoxy) is 1. The Balaban J connectivity index is 2.14. The van der Waals surface area contributed by atoms with E-state index < -0.39 is 11.4 Å². The molecule has 1 aromatic rings. The first-order valence-corrected chi connectivity index (χ1v) is 5.92. The van der Waals surface area contributed by atoms with Gasteiger partial charge in [-0.1, -0.05) is 0 Å². The first-order chi connectivity index (χ1) is 8.50. The molecule has 98 valence electrons. The zero-order valence-corrected chi connectivity index (χ0v) is 10.3. The van der Waals surface area contributed by atoms with Crippen LogP contribution in [0.5, 0.6) is 11.5 Å². The van der Waals surface area contributed by atoms with Crippen molar-refractivity contribution >= 4 is 5.91 Å². The zero-order chi connectivity index (χ0) is 13.2. The predicted octanol–water partition coefficient (Wildman–Crippen LogP) is 1.40. The van der Waals surface area contributed by atoms with Gasteiger partial charge in [-0.2, -0.15) is 0 Å². The number of phenolic OH excluding ortho intramolecular Hbond substituents is 2. The molecule has 0 saturated carbocycles. The first-order valence-electron chi connectivity index (χ1n) is 5.92. The number of hydrogen-bond acceptors (Lipinski definition) is 4. The summed E-state index contributed by atoms with van der Waals surface area (Å²) in [5, 5.41) is 21.8. The second-order valence-corrected chi connectivity index (χ2v) is 4.87. The molecule has 0 aromatic heterocycles. The summed E-state index contributed by atoms with van der Waals surface area (Å²) in [5.74, 6) is -0.606. The van der Waals surface area contributed by atoms with Gasteiger partial charge in [0.25, 0.3) is 5.91 Å². The van der Waals surface area contributed by atoms with Gasteiger partial charge in [-0.05, 0) is 38.0 Å². The molecule has 1 unspecified atom stereocenters. The highest BCUT2D eigenvalue weighted by Crippen LogP contribution is 2.24. The van der Waals surface area contributed by atoms with Crippen molar-refractivity contribution in [1.82, 2.24) is 5.32 Å². The molecule has 0 spiro atoms. The Morgan fingerprint density at radius 2 is 2.22 bits per heavy atom. The van der Waals surface area contributed by atoms with E-state index in [0.717, 1.165) is 12.8 Å². The Morgan fingerprint density at radius 3 is 2.89 bits per heavy atom. The van der Waals surface area contributed by atoms with Gasteiger partial charge in [0.15, 0.2) is 0 Å². The number of benzene rings is 1. The van der Waals surface area contributed by atoms with Crippen LogP contribution >= 0.6 is 0 Å². The number of rotatable bonds is 2. The van der Waals surface area contributed by atoms with Crippen LogP contribution < -0.4 is 5.32 Å². The second kappa shape index (κ2) is 4.86. The van der Waals surface area contributed by atoms with Crippen molar-refractivity contribution in [3.8, 4) is 11.5 Å². The van der Waals surface area contributed by atoms with Gasteiger partial charge in [-0.15, -0.1) is 0 Å². The SMILES string of the molecule is CC1(NC(=O)c2cc(O)ccc2O)CCCOC1.